The minimum atomic E-state index is -0.423. The SMILES string of the molecule is CCOC(=O)c1oc2ccccc2c1CSc1nncn1C1CC1. The van der Waals surface area contributed by atoms with Crippen LogP contribution in [0.4, 0.5) is 0 Å². The fraction of sp³-hybridized carbons (Fsp3) is 0.353. The molecule has 3 aromatic rings. The fourth-order valence-electron chi connectivity index (χ4n) is 2.68. The van der Waals surface area contributed by atoms with E-state index in [1.54, 1.807) is 25.0 Å². The number of esters is 1. The van der Waals surface area contributed by atoms with E-state index >= 15 is 0 Å². The highest BCUT2D eigenvalue weighted by Gasteiger charge is 2.27. The van der Waals surface area contributed by atoms with Gasteiger partial charge in [-0.3, -0.25) is 0 Å². The van der Waals surface area contributed by atoms with Crippen LogP contribution in [0.25, 0.3) is 11.0 Å². The molecule has 0 bridgehead atoms. The number of nitrogens with zero attached hydrogens (tertiary/aromatic N) is 3. The summed E-state index contributed by atoms with van der Waals surface area (Å²) in [6, 6.07) is 8.17. The summed E-state index contributed by atoms with van der Waals surface area (Å²) in [6.45, 7) is 2.10. The second-order valence-electron chi connectivity index (χ2n) is 5.67. The van der Waals surface area contributed by atoms with E-state index in [9.17, 15) is 4.79 Å². The predicted molar refractivity (Wildman–Crippen MR) is 90.0 cm³/mol. The Balaban J connectivity index is 1.65. The molecule has 2 heterocycles. The van der Waals surface area contributed by atoms with Crippen molar-refractivity contribution in [3.63, 3.8) is 0 Å². The lowest BCUT2D eigenvalue weighted by molar-refractivity contribution is 0.0491. The van der Waals surface area contributed by atoms with Crippen LogP contribution in [0.15, 0.2) is 40.2 Å². The van der Waals surface area contributed by atoms with Gasteiger partial charge in [0, 0.05) is 22.7 Å². The molecule has 0 saturated heterocycles. The molecule has 0 spiro atoms. The van der Waals surface area contributed by atoms with Gasteiger partial charge >= 0.3 is 5.97 Å². The number of ether oxygens (including phenoxy) is 1. The van der Waals surface area contributed by atoms with E-state index in [0.717, 1.165) is 16.1 Å². The number of aromatic nitrogens is 3. The molecule has 1 fully saturated rings. The van der Waals surface area contributed by atoms with Gasteiger partial charge in [0.15, 0.2) is 5.16 Å². The molecule has 24 heavy (non-hydrogen) atoms. The first kappa shape index (κ1) is 15.3. The fourth-order valence-corrected chi connectivity index (χ4v) is 3.69. The van der Waals surface area contributed by atoms with Crippen LogP contribution >= 0.6 is 11.8 Å². The second-order valence-corrected chi connectivity index (χ2v) is 6.61. The summed E-state index contributed by atoms with van der Waals surface area (Å²) in [7, 11) is 0. The minimum Gasteiger partial charge on any atom is -0.460 e. The lowest BCUT2D eigenvalue weighted by Crippen LogP contribution is -2.06. The van der Waals surface area contributed by atoms with Crippen molar-refractivity contribution in [3.8, 4) is 0 Å². The normalized spacial score (nSPS) is 14.2. The summed E-state index contributed by atoms with van der Waals surface area (Å²) < 4.78 is 13.0. The number of para-hydroxylation sites is 1. The first-order valence-electron chi connectivity index (χ1n) is 7.97. The number of fused-ring (bicyclic) bond motifs is 1. The van der Waals surface area contributed by atoms with Crippen molar-refractivity contribution >= 4 is 28.7 Å². The van der Waals surface area contributed by atoms with Crippen molar-refractivity contribution in [2.24, 2.45) is 0 Å². The summed E-state index contributed by atoms with van der Waals surface area (Å²) in [5, 5.41) is 10.0. The zero-order valence-electron chi connectivity index (χ0n) is 13.3. The summed E-state index contributed by atoms with van der Waals surface area (Å²) in [6.07, 6.45) is 4.13. The summed E-state index contributed by atoms with van der Waals surface area (Å²) in [5.41, 5.74) is 1.54. The minimum absolute atomic E-state index is 0.281. The van der Waals surface area contributed by atoms with E-state index in [1.165, 1.54) is 12.8 Å². The molecule has 4 rings (SSSR count). The molecule has 1 saturated carbocycles. The van der Waals surface area contributed by atoms with Crippen LogP contribution in [0.2, 0.25) is 0 Å². The first-order chi connectivity index (χ1) is 11.8. The monoisotopic (exact) mass is 343 g/mol. The van der Waals surface area contributed by atoms with Crippen molar-refractivity contribution in [2.45, 2.75) is 36.7 Å². The molecule has 0 aliphatic heterocycles. The van der Waals surface area contributed by atoms with Crippen molar-refractivity contribution < 1.29 is 13.9 Å². The Bertz CT molecular complexity index is 882. The van der Waals surface area contributed by atoms with Gasteiger partial charge in [-0.25, -0.2) is 4.79 Å². The summed E-state index contributed by atoms with van der Waals surface area (Å²) in [5.74, 6) is 0.437. The Morgan fingerprint density at radius 2 is 2.25 bits per heavy atom. The molecule has 1 aromatic carbocycles. The molecule has 0 N–H and O–H groups in total. The average molecular weight is 343 g/mol. The number of rotatable bonds is 6. The van der Waals surface area contributed by atoms with Crippen molar-refractivity contribution in [1.29, 1.82) is 0 Å². The highest BCUT2D eigenvalue weighted by atomic mass is 32.2. The molecule has 124 valence electrons. The van der Waals surface area contributed by atoms with Crippen LogP contribution in [0, 0.1) is 0 Å². The number of hydrogen-bond acceptors (Lipinski definition) is 6. The molecule has 6 nitrogen and oxygen atoms in total. The lowest BCUT2D eigenvalue weighted by atomic mass is 10.1. The van der Waals surface area contributed by atoms with Crippen molar-refractivity contribution in [3.05, 3.63) is 41.9 Å². The molecular weight excluding hydrogens is 326 g/mol. The largest absolute Gasteiger partial charge is 0.460 e. The van der Waals surface area contributed by atoms with Gasteiger partial charge in [-0.2, -0.15) is 0 Å². The molecule has 0 radical (unpaired) electrons. The van der Waals surface area contributed by atoms with Gasteiger partial charge in [0.2, 0.25) is 5.76 Å². The molecule has 1 aliphatic rings. The summed E-state index contributed by atoms with van der Waals surface area (Å²) >= 11 is 1.57. The molecular formula is C17H17N3O3S. The van der Waals surface area contributed by atoms with Crippen LogP contribution in [-0.2, 0) is 10.5 Å². The third-order valence-electron chi connectivity index (χ3n) is 3.99. The number of thioether (sulfide) groups is 1. The van der Waals surface area contributed by atoms with Crippen molar-refractivity contribution in [2.75, 3.05) is 6.61 Å². The van der Waals surface area contributed by atoms with Crippen LogP contribution in [0.3, 0.4) is 0 Å². The molecule has 1 aliphatic carbocycles. The molecule has 0 amide bonds. The maximum absolute atomic E-state index is 12.2. The van der Waals surface area contributed by atoms with Gasteiger partial charge in [-0.05, 0) is 25.8 Å². The molecule has 0 unspecified atom stereocenters. The Kier molecular flexibility index (Phi) is 4.02. The Labute approximate surface area is 143 Å². The van der Waals surface area contributed by atoms with Gasteiger partial charge < -0.3 is 13.7 Å². The third kappa shape index (κ3) is 2.80. The molecule has 7 heteroatoms. The van der Waals surface area contributed by atoms with Crippen molar-refractivity contribution in [1.82, 2.24) is 14.8 Å². The van der Waals surface area contributed by atoms with E-state index in [0.29, 0.717) is 24.0 Å². The lowest BCUT2D eigenvalue weighted by Gasteiger charge is -2.05. The van der Waals surface area contributed by atoms with E-state index in [1.807, 2.05) is 24.3 Å². The van der Waals surface area contributed by atoms with Gasteiger partial charge in [0.05, 0.1) is 6.61 Å². The zero-order valence-corrected chi connectivity index (χ0v) is 14.1. The number of furan rings is 1. The Morgan fingerprint density at radius 3 is 3.04 bits per heavy atom. The quantitative estimate of drug-likeness (QED) is 0.500. The summed E-state index contributed by atoms with van der Waals surface area (Å²) in [4.78, 5) is 12.2. The smallest absolute Gasteiger partial charge is 0.374 e. The highest BCUT2D eigenvalue weighted by Crippen LogP contribution is 2.38. The standard InChI is InChI=1S/C17H17N3O3S/c1-2-22-16(21)15-13(12-5-3-4-6-14(12)23-15)9-24-17-19-18-10-20(17)11-7-8-11/h3-6,10-11H,2,7-9H2,1H3. The average Bonchev–Trinajstić information content (AvgIpc) is 3.21. The predicted octanol–water partition coefficient (Wildman–Crippen LogP) is 3.83. The van der Waals surface area contributed by atoms with Gasteiger partial charge in [-0.15, -0.1) is 10.2 Å². The third-order valence-corrected chi connectivity index (χ3v) is 4.97. The van der Waals surface area contributed by atoms with Gasteiger partial charge in [-0.1, -0.05) is 30.0 Å². The number of carbonyl (C=O) groups excluding carboxylic acids is 1. The first-order valence-corrected chi connectivity index (χ1v) is 8.96. The van der Waals surface area contributed by atoms with E-state index < -0.39 is 5.97 Å². The van der Waals surface area contributed by atoms with Crippen LogP contribution < -0.4 is 0 Å². The molecule has 0 atom stereocenters. The highest BCUT2D eigenvalue weighted by molar-refractivity contribution is 7.98. The number of hydrogen-bond donors (Lipinski definition) is 0. The zero-order chi connectivity index (χ0) is 16.5. The van der Waals surface area contributed by atoms with E-state index in [-0.39, 0.29) is 5.76 Å². The topological polar surface area (TPSA) is 70.2 Å². The van der Waals surface area contributed by atoms with Gasteiger partial charge in [0.25, 0.3) is 0 Å². The molecule has 2 aromatic heterocycles. The van der Waals surface area contributed by atoms with Crippen LogP contribution in [0.5, 0.6) is 0 Å². The van der Waals surface area contributed by atoms with Crippen LogP contribution in [0.1, 0.15) is 41.9 Å². The second kappa shape index (κ2) is 6.32. The Hall–Kier alpha value is -2.28. The van der Waals surface area contributed by atoms with Crippen LogP contribution in [-0.4, -0.2) is 27.3 Å². The number of benzene rings is 1. The number of carbonyl (C=O) groups is 1. The van der Waals surface area contributed by atoms with Gasteiger partial charge in [0.1, 0.15) is 11.9 Å². The Morgan fingerprint density at radius 1 is 1.42 bits per heavy atom. The maximum atomic E-state index is 12.2. The maximum Gasteiger partial charge on any atom is 0.374 e. The van der Waals surface area contributed by atoms with E-state index in [2.05, 4.69) is 14.8 Å². The van der Waals surface area contributed by atoms with E-state index in [4.69, 9.17) is 9.15 Å².